The first-order valence-electron chi connectivity index (χ1n) is 10.0. The monoisotopic (exact) mass is 438 g/mol. The van der Waals surface area contributed by atoms with E-state index in [1.165, 1.54) is 37.4 Å². The highest BCUT2D eigenvalue weighted by molar-refractivity contribution is 6.22. The molecule has 1 N–H and O–H groups in total. The van der Waals surface area contributed by atoms with E-state index in [9.17, 15) is 24.0 Å². The second kappa shape index (κ2) is 9.86. The van der Waals surface area contributed by atoms with E-state index in [2.05, 4.69) is 5.32 Å². The van der Waals surface area contributed by atoms with Crippen LogP contribution >= 0.6 is 0 Å². The van der Waals surface area contributed by atoms with Gasteiger partial charge in [0.25, 0.3) is 23.6 Å². The summed E-state index contributed by atoms with van der Waals surface area (Å²) in [6, 6.07) is 10.2. The third-order valence-corrected chi connectivity index (χ3v) is 4.88. The third kappa shape index (κ3) is 4.83. The number of fused-ring (bicyclic) bond motifs is 1. The predicted octanol–water partition coefficient (Wildman–Crippen LogP) is 2.20. The molecule has 2 aromatic carbocycles. The van der Waals surface area contributed by atoms with Gasteiger partial charge in [-0.05, 0) is 48.9 Å². The first-order chi connectivity index (χ1) is 15.3. The molecule has 0 spiro atoms. The summed E-state index contributed by atoms with van der Waals surface area (Å²) in [5, 5.41) is 2.12. The third-order valence-electron chi connectivity index (χ3n) is 4.88. The van der Waals surface area contributed by atoms with Gasteiger partial charge in [-0.15, -0.1) is 0 Å². The van der Waals surface area contributed by atoms with Gasteiger partial charge in [-0.25, -0.2) is 4.79 Å². The van der Waals surface area contributed by atoms with E-state index >= 15 is 0 Å². The number of benzene rings is 2. The molecule has 1 aliphatic rings. The second-order valence-corrected chi connectivity index (χ2v) is 7.06. The Morgan fingerprint density at radius 1 is 0.938 bits per heavy atom. The molecule has 0 bridgehead atoms. The van der Waals surface area contributed by atoms with Crippen LogP contribution in [0.3, 0.4) is 0 Å². The van der Waals surface area contributed by atoms with Gasteiger partial charge in [0.15, 0.2) is 6.61 Å². The van der Waals surface area contributed by atoms with Crippen molar-refractivity contribution in [3.63, 3.8) is 0 Å². The molecule has 166 valence electrons. The number of carbonyl (C=O) groups excluding carboxylic acids is 5. The van der Waals surface area contributed by atoms with E-state index in [1.54, 1.807) is 12.1 Å². The normalized spacial score (nSPS) is 12.4. The number of ether oxygens (including phenoxy) is 2. The van der Waals surface area contributed by atoms with Gasteiger partial charge in [0.05, 0.1) is 23.8 Å². The highest BCUT2D eigenvalue weighted by Gasteiger charge is 2.35. The number of hydrogen-bond donors (Lipinski definition) is 1. The van der Waals surface area contributed by atoms with Gasteiger partial charge in [0.1, 0.15) is 5.75 Å². The van der Waals surface area contributed by atoms with Crippen LogP contribution in [-0.2, 0) is 9.53 Å². The molecule has 0 aromatic heterocycles. The number of esters is 1. The van der Waals surface area contributed by atoms with Gasteiger partial charge in [-0.2, -0.15) is 0 Å². The fourth-order valence-electron chi connectivity index (χ4n) is 3.13. The molecule has 1 heterocycles. The second-order valence-electron chi connectivity index (χ2n) is 7.06. The van der Waals surface area contributed by atoms with Crippen molar-refractivity contribution in [2.75, 3.05) is 20.3 Å². The zero-order valence-electron chi connectivity index (χ0n) is 17.7. The summed E-state index contributed by atoms with van der Waals surface area (Å²) < 4.78 is 9.95. The molecule has 9 nitrogen and oxygen atoms in total. The maximum Gasteiger partial charge on any atom is 0.338 e. The fourth-order valence-corrected chi connectivity index (χ4v) is 3.13. The molecule has 0 unspecified atom stereocenters. The van der Waals surface area contributed by atoms with E-state index in [-0.39, 0.29) is 22.3 Å². The average molecular weight is 438 g/mol. The lowest BCUT2D eigenvalue weighted by Crippen LogP contribution is -2.34. The Labute approximate surface area is 184 Å². The minimum atomic E-state index is -0.855. The van der Waals surface area contributed by atoms with Gasteiger partial charge >= 0.3 is 5.97 Å². The number of hydrogen-bond acceptors (Lipinski definition) is 7. The standard InChI is InChI=1S/C23H22N2O7/c1-3-4-11-25-21(28)17-10-7-15(12-18(17)22(25)29)23(30)32-13-19(26)24-20(27)14-5-8-16(31-2)9-6-14/h5-10,12H,3-4,11,13H2,1-2H3,(H,24,26,27). The molecular weight excluding hydrogens is 416 g/mol. The zero-order chi connectivity index (χ0) is 23.3. The van der Waals surface area contributed by atoms with Crippen molar-refractivity contribution in [3.05, 3.63) is 64.7 Å². The minimum absolute atomic E-state index is 0.0246. The van der Waals surface area contributed by atoms with Crippen LogP contribution in [0.25, 0.3) is 0 Å². The molecular formula is C23H22N2O7. The summed E-state index contributed by atoms with van der Waals surface area (Å²) in [6.45, 7) is 1.57. The van der Waals surface area contributed by atoms with Crippen LogP contribution in [0.1, 0.15) is 61.2 Å². The van der Waals surface area contributed by atoms with Gasteiger partial charge in [0.2, 0.25) is 0 Å². The molecule has 1 aliphatic heterocycles. The van der Waals surface area contributed by atoms with Gasteiger partial charge in [0, 0.05) is 12.1 Å². The quantitative estimate of drug-likeness (QED) is 0.496. The maximum atomic E-state index is 12.5. The van der Waals surface area contributed by atoms with E-state index in [0.717, 1.165) is 11.3 Å². The Hall–Kier alpha value is -4.01. The average Bonchev–Trinajstić information content (AvgIpc) is 3.05. The van der Waals surface area contributed by atoms with Gasteiger partial charge in [-0.3, -0.25) is 29.4 Å². The van der Waals surface area contributed by atoms with Crippen molar-refractivity contribution in [2.24, 2.45) is 0 Å². The topological polar surface area (TPSA) is 119 Å². The van der Waals surface area contributed by atoms with Crippen LogP contribution in [0, 0.1) is 0 Å². The summed E-state index contributed by atoms with van der Waals surface area (Å²) in [5.41, 5.74) is 0.613. The van der Waals surface area contributed by atoms with Crippen molar-refractivity contribution in [1.29, 1.82) is 0 Å². The number of rotatable bonds is 8. The summed E-state index contributed by atoms with van der Waals surface area (Å²) in [6.07, 6.45) is 1.51. The largest absolute Gasteiger partial charge is 0.497 e. The SMILES string of the molecule is CCCCN1C(=O)c2ccc(C(=O)OCC(=O)NC(=O)c3ccc(OC)cc3)cc2C1=O. The molecule has 2 aromatic rings. The molecule has 9 heteroatoms. The first kappa shape index (κ1) is 22.7. The molecule has 4 amide bonds. The van der Waals surface area contributed by atoms with Crippen molar-refractivity contribution in [2.45, 2.75) is 19.8 Å². The Bertz CT molecular complexity index is 1080. The lowest BCUT2D eigenvalue weighted by molar-refractivity contribution is -0.123. The Morgan fingerprint density at radius 3 is 2.25 bits per heavy atom. The van der Waals surface area contributed by atoms with Gasteiger partial charge < -0.3 is 9.47 Å². The lowest BCUT2D eigenvalue weighted by Gasteiger charge is -2.12. The van der Waals surface area contributed by atoms with Crippen molar-refractivity contribution < 1.29 is 33.4 Å². The Kier molecular flexibility index (Phi) is 6.99. The summed E-state index contributed by atoms with van der Waals surface area (Å²) in [4.78, 5) is 62.4. The van der Waals surface area contributed by atoms with Crippen LogP contribution in [-0.4, -0.2) is 54.8 Å². The lowest BCUT2D eigenvalue weighted by atomic mass is 10.1. The van der Waals surface area contributed by atoms with Crippen LogP contribution < -0.4 is 10.1 Å². The van der Waals surface area contributed by atoms with Gasteiger partial charge in [-0.1, -0.05) is 13.3 Å². The van der Waals surface area contributed by atoms with Crippen LogP contribution in [0.4, 0.5) is 0 Å². The van der Waals surface area contributed by atoms with E-state index in [4.69, 9.17) is 9.47 Å². The Balaban J connectivity index is 1.58. The molecule has 0 fully saturated rings. The molecule has 0 radical (unpaired) electrons. The minimum Gasteiger partial charge on any atom is -0.497 e. The predicted molar refractivity (Wildman–Crippen MR) is 112 cm³/mol. The number of unbranched alkanes of at least 4 members (excludes halogenated alkanes) is 1. The summed E-state index contributed by atoms with van der Waals surface area (Å²) in [5.74, 6) is -2.61. The highest BCUT2D eigenvalue weighted by atomic mass is 16.5. The highest BCUT2D eigenvalue weighted by Crippen LogP contribution is 2.24. The van der Waals surface area contributed by atoms with E-state index in [1.807, 2.05) is 6.92 Å². The molecule has 0 atom stereocenters. The van der Waals surface area contributed by atoms with Crippen LogP contribution in [0.2, 0.25) is 0 Å². The smallest absolute Gasteiger partial charge is 0.338 e. The number of nitrogens with zero attached hydrogens (tertiary/aromatic N) is 1. The molecule has 0 saturated carbocycles. The number of imide groups is 2. The number of carbonyl (C=O) groups is 5. The molecule has 0 aliphatic carbocycles. The molecule has 3 rings (SSSR count). The molecule has 0 saturated heterocycles. The molecule has 32 heavy (non-hydrogen) atoms. The fraction of sp³-hybridized carbons (Fsp3) is 0.261. The summed E-state index contributed by atoms with van der Waals surface area (Å²) >= 11 is 0. The van der Waals surface area contributed by atoms with Crippen molar-refractivity contribution >= 4 is 29.6 Å². The first-order valence-corrected chi connectivity index (χ1v) is 10.0. The number of methoxy groups -OCH3 is 1. The van der Waals surface area contributed by atoms with Crippen LogP contribution in [0.5, 0.6) is 5.75 Å². The number of amides is 4. The van der Waals surface area contributed by atoms with Crippen molar-refractivity contribution in [1.82, 2.24) is 10.2 Å². The van der Waals surface area contributed by atoms with Crippen molar-refractivity contribution in [3.8, 4) is 5.75 Å². The number of nitrogens with one attached hydrogen (secondary N) is 1. The van der Waals surface area contributed by atoms with E-state index in [0.29, 0.717) is 18.7 Å². The Morgan fingerprint density at radius 2 is 1.59 bits per heavy atom. The zero-order valence-corrected chi connectivity index (χ0v) is 17.7. The maximum absolute atomic E-state index is 12.5. The van der Waals surface area contributed by atoms with Crippen LogP contribution in [0.15, 0.2) is 42.5 Å². The summed E-state index contributed by atoms with van der Waals surface area (Å²) in [7, 11) is 1.49. The van der Waals surface area contributed by atoms with E-state index < -0.39 is 36.2 Å².